The Morgan fingerprint density at radius 3 is 2.78 bits per heavy atom. The SMILES string of the molecule is CC(NCC1(C)CCOCC1)c1ccc(F)cn1. The second-order valence-electron chi connectivity index (χ2n) is 5.43. The quantitative estimate of drug-likeness (QED) is 0.894. The minimum Gasteiger partial charge on any atom is -0.381 e. The van der Waals surface area contributed by atoms with Crippen molar-refractivity contribution in [2.75, 3.05) is 19.8 Å². The van der Waals surface area contributed by atoms with Crippen molar-refractivity contribution in [3.8, 4) is 0 Å². The molecule has 1 atom stereocenters. The molecule has 1 aliphatic rings. The van der Waals surface area contributed by atoms with E-state index in [1.807, 2.05) is 0 Å². The molecule has 18 heavy (non-hydrogen) atoms. The molecule has 100 valence electrons. The summed E-state index contributed by atoms with van der Waals surface area (Å²) in [7, 11) is 0. The van der Waals surface area contributed by atoms with Crippen LogP contribution in [-0.4, -0.2) is 24.7 Å². The van der Waals surface area contributed by atoms with Gasteiger partial charge in [-0.3, -0.25) is 4.98 Å². The Morgan fingerprint density at radius 1 is 1.44 bits per heavy atom. The van der Waals surface area contributed by atoms with E-state index >= 15 is 0 Å². The number of ether oxygens (including phenoxy) is 1. The molecule has 1 saturated heterocycles. The number of pyridine rings is 1. The lowest BCUT2D eigenvalue weighted by atomic mass is 9.82. The third-order valence-corrected chi connectivity index (χ3v) is 3.73. The smallest absolute Gasteiger partial charge is 0.141 e. The van der Waals surface area contributed by atoms with Crippen molar-refractivity contribution in [3.05, 3.63) is 29.8 Å². The van der Waals surface area contributed by atoms with E-state index < -0.39 is 0 Å². The fourth-order valence-electron chi connectivity index (χ4n) is 2.19. The highest BCUT2D eigenvalue weighted by atomic mass is 19.1. The monoisotopic (exact) mass is 252 g/mol. The minimum absolute atomic E-state index is 0.144. The highest BCUT2D eigenvalue weighted by Gasteiger charge is 2.27. The number of halogens is 1. The van der Waals surface area contributed by atoms with Crippen molar-refractivity contribution in [1.82, 2.24) is 10.3 Å². The summed E-state index contributed by atoms with van der Waals surface area (Å²) in [6.45, 7) is 6.98. The summed E-state index contributed by atoms with van der Waals surface area (Å²) in [6.07, 6.45) is 3.44. The molecule has 1 fully saturated rings. The molecule has 0 aliphatic carbocycles. The van der Waals surface area contributed by atoms with E-state index in [0.29, 0.717) is 5.41 Å². The summed E-state index contributed by atoms with van der Waals surface area (Å²) in [5, 5.41) is 3.49. The third-order valence-electron chi connectivity index (χ3n) is 3.73. The lowest BCUT2D eigenvalue weighted by Crippen LogP contribution is -2.37. The van der Waals surface area contributed by atoms with Gasteiger partial charge >= 0.3 is 0 Å². The number of hydrogen-bond acceptors (Lipinski definition) is 3. The van der Waals surface area contributed by atoms with E-state index in [-0.39, 0.29) is 11.9 Å². The molecular formula is C14H21FN2O. The van der Waals surface area contributed by atoms with Gasteiger partial charge in [0.05, 0.1) is 11.9 Å². The van der Waals surface area contributed by atoms with Gasteiger partial charge in [0.15, 0.2) is 0 Å². The van der Waals surface area contributed by atoms with Crippen LogP contribution in [0.4, 0.5) is 4.39 Å². The van der Waals surface area contributed by atoms with Crippen LogP contribution < -0.4 is 5.32 Å². The van der Waals surface area contributed by atoms with Crippen LogP contribution in [0, 0.1) is 11.2 Å². The largest absolute Gasteiger partial charge is 0.381 e. The van der Waals surface area contributed by atoms with Crippen LogP contribution in [0.25, 0.3) is 0 Å². The molecule has 4 heteroatoms. The maximum atomic E-state index is 12.8. The Labute approximate surface area is 108 Å². The number of nitrogens with zero attached hydrogens (tertiary/aromatic N) is 1. The highest BCUT2D eigenvalue weighted by molar-refractivity contribution is 5.09. The van der Waals surface area contributed by atoms with Gasteiger partial charge in [-0.15, -0.1) is 0 Å². The second kappa shape index (κ2) is 5.76. The summed E-state index contributed by atoms with van der Waals surface area (Å²) in [5.41, 5.74) is 1.18. The Kier molecular flexibility index (Phi) is 4.30. The first-order valence-electron chi connectivity index (χ1n) is 6.52. The first-order valence-corrected chi connectivity index (χ1v) is 6.52. The van der Waals surface area contributed by atoms with Crippen molar-refractivity contribution in [3.63, 3.8) is 0 Å². The van der Waals surface area contributed by atoms with Gasteiger partial charge in [0, 0.05) is 25.8 Å². The molecular weight excluding hydrogens is 231 g/mol. The zero-order valence-electron chi connectivity index (χ0n) is 11.1. The average Bonchev–Trinajstić information content (AvgIpc) is 2.38. The molecule has 0 saturated carbocycles. The van der Waals surface area contributed by atoms with Gasteiger partial charge in [-0.25, -0.2) is 4.39 Å². The van der Waals surface area contributed by atoms with Crippen molar-refractivity contribution in [1.29, 1.82) is 0 Å². The van der Waals surface area contributed by atoms with Crippen LogP contribution in [0.2, 0.25) is 0 Å². The molecule has 2 rings (SSSR count). The van der Waals surface area contributed by atoms with E-state index in [1.165, 1.54) is 12.3 Å². The molecule has 1 unspecified atom stereocenters. The molecule has 1 N–H and O–H groups in total. The molecule has 3 nitrogen and oxygen atoms in total. The van der Waals surface area contributed by atoms with Crippen molar-refractivity contribution in [2.45, 2.75) is 32.7 Å². The summed E-state index contributed by atoms with van der Waals surface area (Å²) in [4.78, 5) is 4.10. The maximum Gasteiger partial charge on any atom is 0.141 e. The number of rotatable bonds is 4. The molecule has 0 bridgehead atoms. The Bertz CT molecular complexity index is 374. The van der Waals surface area contributed by atoms with Gasteiger partial charge in [0.1, 0.15) is 5.82 Å². The first kappa shape index (κ1) is 13.4. The van der Waals surface area contributed by atoms with Crippen molar-refractivity contribution >= 4 is 0 Å². The average molecular weight is 252 g/mol. The van der Waals surface area contributed by atoms with Gasteiger partial charge in [0.25, 0.3) is 0 Å². The maximum absolute atomic E-state index is 12.8. The summed E-state index contributed by atoms with van der Waals surface area (Å²) < 4.78 is 18.2. The van der Waals surface area contributed by atoms with E-state index in [9.17, 15) is 4.39 Å². The highest BCUT2D eigenvalue weighted by Crippen LogP contribution is 2.29. The molecule has 0 radical (unpaired) electrons. The van der Waals surface area contributed by atoms with Gasteiger partial charge in [-0.05, 0) is 37.3 Å². The van der Waals surface area contributed by atoms with Crippen LogP contribution in [0.5, 0.6) is 0 Å². The van der Waals surface area contributed by atoms with Gasteiger partial charge in [-0.2, -0.15) is 0 Å². The number of nitrogens with one attached hydrogen (secondary N) is 1. The Balaban J connectivity index is 1.87. The predicted molar refractivity (Wildman–Crippen MR) is 68.8 cm³/mol. The van der Waals surface area contributed by atoms with E-state index in [1.54, 1.807) is 6.07 Å². The van der Waals surface area contributed by atoms with Gasteiger partial charge in [-0.1, -0.05) is 6.92 Å². The predicted octanol–water partition coefficient (Wildman–Crippen LogP) is 2.69. The fourth-order valence-corrected chi connectivity index (χ4v) is 2.19. The third kappa shape index (κ3) is 3.50. The normalized spacial score (nSPS) is 20.6. The van der Waals surface area contributed by atoms with Crippen LogP contribution in [0.15, 0.2) is 18.3 Å². The molecule has 1 aromatic rings. The van der Waals surface area contributed by atoms with Crippen LogP contribution in [-0.2, 0) is 4.74 Å². The zero-order valence-corrected chi connectivity index (χ0v) is 11.1. The lowest BCUT2D eigenvalue weighted by molar-refractivity contribution is 0.0230. The van der Waals surface area contributed by atoms with E-state index in [4.69, 9.17) is 4.74 Å². The molecule has 1 aliphatic heterocycles. The zero-order chi connectivity index (χ0) is 13.0. The van der Waals surface area contributed by atoms with Crippen molar-refractivity contribution < 1.29 is 9.13 Å². The van der Waals surface area contributed by atoms with E-state index in [2.05, 4.69) is 24.1 Å². The first-order chi connectivity index (χ1) is 8.59. The molecule has 2 heterocycles. The van der Waals surface area contributed by atoms with Crippen LogP contribution in [0.1, 0.15) is 38.4 Å². The van der Waals surface area contributed by atoms with Crippen LogP contribution in [0.3, 0.4) is 0 Å². The van der Waals surface area contributed by atoms with Crippen LogP contribution >= 0.6 is 0 Å². The molecule has 1 aromatic heterocycles. The molecule has 0 amide bonds. The Hall–Kier alpha value is -1.00. The lowest BCUT2D eigenvalue weighted by Gasteiger charge is -2.34. The summed E-state index contributed by atoms with van der Waals surface area (Å²) in [6, 6.07) is 3.33. The topological polar surface area (TPSA) is 34.1 Å². The van der Waals surface area contributed by atoms with E-state index in [0.717, 1.165) is 38.3 Å². The van der Waals surface area contributed by atoms with Gasteiger partial charge < -0.3 is 10.1 Å². The number of hydrogen-bond donors (Lipinski definition) is 1. The summed E-state index contributed by atoms with van der Waals surface area (Å²) in [5.74, 6) is -0.289. The van der Waals surface area contributed by atoms with Crippen molar-refractivity contribution in [2.24, 2.45) is 5.41 Å². The van der Waals surface area contributed by atoms with Gasteiger partial charge in [0.2, 0.25) is 0 Å². The second-order valence-corrected chi connectivity index (χ2v) is 5.43. The fraction of sp³-hybridized carbons (Fsp3) is 0.643. The number of aromatic nitrogens is 1. The molecule has 0 aromatic carbocycles. The Morgan fingerprint density at radius 2 is 2.17 bits per heavy atom. The minimum atomic E-state index is -0.289. The summed E-state index contributed by atoms with van der Waals surface area (Å²) >= 11 is 0. The molecule has 0 spiro atoms. The standard InChI is InChI=1S/C14H21FN2O/c1-11(13-4-3-12(15)9-16-13)17-10-14(2)5-7-18-8-6-14/h3-4,9,11,17H,5-8,10H2,1-2H3.